The summed E-state index contributed by atoms with van der Waals surface area (Å²) in [5.74, 6) is 0.619. The number of hydrogen-bond acceptors (Lipinski definition) is 4. The normalized spacial score (nSPS) is 20.1. The van der Waals surface area contributed by atoms with Crippen molar-refractivity contribution in [2.45, 2.75) is 31.2 Å². The number of rotatable bonds is 2. The number of ether oxygens (including phenoxy) is 1. The second-order valence-electron chi connectivity index (χ2n) is 5.37. The molecule has 0 bridgehead atoms. The molecule has 0 unspecified atom stereocenters. The SMILES string of the molecule is CN1C(=O)COc2ccc(C3(N=C=O)CCCC3)cc21. The van der Waals surface area contributed by atoms with Crippen molar-refractivity contribution >= 4 is 17.7 Å². The Hall–Kier alpha value is -2.13. The Morgan fingerprint density at radius 1 is 1.35 bits per heavy atom. The molecule has 3 rings (SSSR count). The van der Waals surface area contributed by atoms with E-state index in [0.29, 0.717) is 5.75 Å². The van der Waals surface area contributed by atoms with Gasteiger partial charge in [0.25, 0.3) is 5.91 Å². The predicted molar refractivity (Wildman–Crippen MR) is 73.6 cm³/mol. The molecule has 5 nitrogen and oxygen atoms in total. The molecule has 5 heteroatoms. The van der Waals surface area contributed by atoms with Gasteiger partial charge in [0.2, 0.25) is 6.08 Å². The van der Waals surface area contributed by atoms with Crippen molar-refractivity contribution in [1.82, 2.24) is 0 Å². The molecule has 1 aromatic carbocycles. The largest absolute Gasteiger partial charge is 0.482 e. The first kappa shape index (κ1) is 12.9. The fraction of sp³-hybridized carbons (Fsp3) is 0.467. The minimum Gasteiger partial charge on any atom is -0.482 e. The van der Waals surface area contributed by atoms with Crippen LogP contribution in [0.25, 0.3) is 0 Å². The van der Waals surface area contributed by atoms with E-state index in [4.69, 9.17) is 4.74 Å². The molecular formula is C15H16N2O3. The Morgan fingerprint density at radius 2 is 2.10 bits per heavy atom. The highest BCUT2D eigenvalue weighted by atomic mass is 16.5. The van der Waals surface area contributed by atoms with Gasteiger partial charge in [0.15, 0.2) is 6.61 Å². The Balaban J connectivity index is 2.07. The number of benzene rings is 1. The molecule has 104 valence electrons. The average molecular weight is 272 g/mol. The van der Waals surface area contributed by atoms with Crippen molar-refractivity contribution in [3.63, 3.8) is 0 Å². The van der Waals surface area contributed by atoms with E-state index in [9.17, 15) is 9.59 Å². The van der Waals surface area contributed by atoms with Gasteiger partial charge >= 0.3 is 0 Å². The Morgan fingerprint density at radius 3 is 2.80 bits per heavy atom. The van der Waals surface area contributed by atoms with Crippen molar-refractivity contribution < 1.29 is 14.3 Å². The highest BCUT2D eigenvalue weighted by Crippen LogP contribution is 2.44. The summed E-state index contributed by atoms with van der Waals surface area (Å²) >= 11 is 0. The van der Waals surface area contributed by atoms with Crippen molar-refractivity contribution in [2.24, 2.45) is 4.99 Å². The van der Waals surface area contributed by atoms with Gasteiger partial charge in [-0.2, -0.15) is 4.99 Å². The van der Waals surface area contributed by atoms with E-state index in [1.54, 1.807) is 18.0 Å². The van der Waals surface area contributed by atoms with Crippen LogP contribution < -0.4 is 9.64 Å². The smallest absolute Gasteiger partial charge is 0.264 e. The first-order valence-electron chi connectivity index (χ1n) is 6.79. The molecule has 1 fully saturated rings. The molecule has 1 saturated carbocycles. The Bertz CT molecular complexity index is 599. The van der Waals surface area contributed by atoms with Crippen LogP contribution in [0.4, 0.5) is 5.69 Å². The number of carbonyl (C=O) groups excluding carboxylic acids is 2. The summed E-state index contributed by atoms with van der Waals surface area (Å²) in [7, 11) is 1.73. The molecule has 1 aliphatic carbocycles. The van der Waals surface area contributed by atoms with Gasteiger partial charge in [-0.15, -0.1) is 0 Å². The molecule has 1 heterocycles. The number of carbonyl (C=O) groups is 1. The summed E-state index contributed by atoms with van der Waals surface area (Å²) < 4.78 is 5.42. The summed E-state index contributed by atoms with van der Waals surface area (Å²) in [6, 6.07) is 5.71. The van der Waals surface area contributed by atoms with E-state index in [1.165, 1.54) is 0 Å². The first-order valence-corrected chi connectivity index (χ1v) is 6.79. The van der Waals surface area contributed by atoms with Crippen LogP contribution >= 0.6 is 0 Å². The molecular weight excluding hydrogens is 256 g/mol. The van der Waals surface area contributed by atoms with Crippen LogP contribution in [0.1, 0.15) is 31.2 Å². The van der Waals surface area contributed by atoms with Crippen molar-refractivity contribution in [3.8, 4) is 5.75 Å². The fourth-order valence-corrected chi connectivity index (χ4v) is 3.07. The maximum absolute atomic E-state index is 11.7. The lowest BCUT2D eigenvalue weighted by molar-refractivity contribution is -0.120. The van der Waals surface area contributed by atoms with E-state index in [2.05, 4.69) is 4.99 Å². The number of anilines is 1. The summed E-state index contributed by atoms with van der Waals surface area (Å²) in [5.41, 5.74) is 1.23. The summed E-state index contributed by atoms with van der Waals surface area (Å²) in [6.07, 6.45) is 5.50. The molecule has 1 aliphatic heterocycles. The zero-order chi connectivity index (χ0) is 14.2. The zero-order valence-corrected chi connectivity index (χ0v) is 11.4. The van der Waals surface area contributed by atoms with Crippen LogP contribution in [0.2, 0.25) is 0 Å². The highest BCUT2D eigenvalue weighted by molar-refractivity contribution is 5.97. The number of nitrogens with zero attached hydrogens (tertiary/aromatic N) is 2. The van der Waals surface area contributed by atoms with E-state index < -0.39 is 5.54 Å². The monoisotopic (exact) mass is 272 g/mol. The highest BCUT2D eigenvalue weighted by Gasteiger charge is 2.37. The number of isocyanates is 1. The van der Waals surface area contributed by atoms with Crippen molar-refractivity contribution in [3.05, 3.63) is 23.8 Å². The van der Waals surface area contributed by atoms with Gasteiger partial charge in [-0.1, -0.05) is 18.9 Å². The van der Waals surface area contributed by atoms with Crippen LogP contribution in [0, 0.1) is 0 Å². The van der Waals surface area contributed by atoms with E-state index >= 15 is 0 Å². The maximum Gasteiger partial charge on any atom is 0.264 e. The molecule has 0 radical (unpaired) electrons. The van der Waals surface area contributed by atoms with Crippen LogP contribution in [-0.4, -0.2) is 25.6 Å². The Labute approximate surface area is 117 Å². The van der Waals surface area contributed by atoms with E-state index in [-0.39, 0.29) is 12.5 Å². The molecule has 2 aliphatic rings. The predicted octanol–water partition coefficient (Wildman–Crippen LogP) is 2.15. The number of hydrogen-bond donors (Lipinski definition) is 0. The Kier molecular flexibility index (Phi) is 3.07. The third-order valence-electron chi connectivity index (χ3n) is 4.27. The van der Waals surface area contributed by atoms with Crippen LogP contribution in [0.15, 0.2) is 23.2 Å². The quantitative estimate of drug-likeness (QED) is 0.612. The van der Waals surface area contributed by atoms with Gasteiger partial charge < -0.3 is 9.64 Å². The van der Waals surface area contributed by atoms with Gasteiger partial charge in [0.05, 0.1) is 11.2 Å². The summed E-state index contributed by atoms with van der Waals surface area (Å²) in [4.78, 5) is 28.1. The van der Waals surface area contributed by atoms with E-state index in [0.717, 1.165) is 36.9 Å². The fourth-order valence-electron chi connectivity index (χ4n) is 3.07. The van der Waals surface area contributed by atoms with Crippen molar-refractivity contribution in [1.29, 1.82) is 0 Å². The first-order chi connectivity index (χ1) is 9.66. The van der Waals surface area contributed by atoms with Gasteiger partial charge in [-0.25, -0.2) is 4.79 Å². The van der Waals surface area contributed by atoms with E-state index in [1.807, 2.05) is 18.2 Å². The summed E-state index contributed by atoms with van der Waals surface area (Å²) in [5, 5.41) is 0. The summed E-state index contributed by atoms with van der Waals surface area (Å²) in [6.45, 7) is 0.0699. The van der Waals surface area contributed by atoms with Gasteiger partial charge in [0, 0.05) is 7.05 Å². The van der Waals surface area contributed by atoms with Gasteiger partial charge in [0.1, 0.15) is 5.75 Å². The zero-order valence-electron chi connectivity index (χ0n) is 11.4. The lowest BCUT2D eigenvalue weighted by Gasteiger charge is -2.29. The average Bonchev–Trinajstić information content (AvgIpc) is 2.93. The maximum atomic E-state index is 11.7. The third kappa shape index (κ3) is 1.91. The molecule has 1 amide bonds. The third-order valence-corrected chi connectivity index (χ3v) is 4.27. The molecule has 0 saturated heterocycles. The lowest BCUT2D eigenvalue weighted by Crippen LogP contribution is -2.35. The van der Waals surface area contributed by atoms with Crippen LogP contribution in [0.5, 0.6) is 5.75 Å². The second-order valence-corrected chi connectivity index (χ2v) is 5.37. The van der Waals surface area contributed by atoms with Crippen LogP contribution in [0.3, 0.4) is 0 Å². The number of amides is 1. The second kappa shape index (κ2) is 4.76. The minimum absolute atomic E-state index is 0.0699. The molecule has 0 spiro atoms. The molecule has 0 aromatic heterocycles. The number of fused-ring (bicyclic) bond motifs is 1. The lowest BCUT2D eigenvalue weighted by atomic mass is 9.88. The van der Waals surface area contributed by atoms with Gasteiger partial charge in [-0.05, 0) is 30.5 Å². The standard InChI is InChI=1S/C15H16N2O3/c1-17-12-8-11(4-5-13(12)20-9-14(17)19)15(16-10-18)6-2-3-7-15/h4-5,8H,2-3,6-7,9H2,1H3. The molecule has 20 heavy (non-hydrogen) atoms. The van der Waals surface area contributed by atoms with Gasteiger partial charge in [-0.3, -0.25) is 4.79 Å². The number of likely N-dealkylation sites (N-methyl/N-ethyl adjacent to an activating group) is 1. The van der Waals surface area contributed by atoms with Crippen LogP contribution in [-0.2, 0) is 15.1 Å². The molecule has 0 atom stereocenters. The van der Waals surface area contributed by atoms with Crippen molar-refractivity contribution in [2.75, 3.05) is 18.6 Å². The topological polar surface area (TPSA) is 59.0 Å². The minimum atomic E-state index is -0.474. The molecule has 1 aromatic rings. The molecule has 0 N–H and O–H groups in total. The number of aliphatic imine (C=N–C) groups is 1.